The van der Waals surface area contributed by atoms with Crippen molar-refractivity contribution < 1.29 is 19.1 Å². The molecule has 2 saturated heterocycles. The number of esters is 2. The molecule has 0 amide bonds. The van der Waals surface area contributed by atoms with E-state index >= 15 is 0 Å². The molecule has 1 N–H and O–H groups in total. The topological polar surface area (TPSA) is 64.6 Å². The lowest BCUT2D eigenvalue weighted by Gasteiger charge is -2.32. The number of ether oxygens (including phenoxy) is 2. The second kappa shape index (κ2) is 4.82. The average molecular weight is 227 g/mol. The fraction of sp³-hybridized carbons (Fsp3) is 0.818. The van der Waals surface area contributed by atoms with Gasteiger partial charge in [-0.1, -0.05) is 0 Å². The van der Waals surface area contributed by atoms with Gasteiger partial charge in [0.15, 0.2) is 0 Å². The van der Waals surface area contributed by atoms with Crippen LogP contribution >= 0.6 is 0 Å². The molecule has 3 atom stereocenters. The predicted molar refractivity (Wildman–Crippen MR) is 55.6 cm³/mol. The highest BCUT2D eigenvalue weighted by atomic mass is 16.5. The predicted octanol–water partition coefficient (Wildman–Crippen LogP) is 0.0907. The lowest BCUT2D eigenvalue weighted by molar-refractivity contribution is -0.154. The SMILES string of the molecule is CC(=O)OCCCOC(=O)C1C2CNC1C2. The van der Waals surface area contributed by atoms with Crippen LogP contribution in [0.25, 0.3) is 0 Å². The van der Waals surface area contributed by atoms with Gasteiger partial charge in [-0.15, -0.1) is 0 Å². The summed E-state index contributed by atoms with van der Waals surface area (Å²) in [4.78, 5) is 22.1. The van der Waals surface area contributed by atoms with Crippen LogP contribution in [0.1, 0.15) is 19.8 Å². The first kappa shape index (κ1) is 11.4. The molecular weight excluding hydrogens is 210 g/mol. The van der Waals surface area contributed by atoms with Gasteiger partial charge in [0.2, 0.25) is 0 Å². The molecule has 0 radical (unpaired) electrons. The van der Waals surface area contributed by atoms with E-state index in [1.165, 1.54) is 6.92 Å². The van der Waals surface area contributed by atoms with Crippen molar-refractivity contribution in [2.24, 2.45) is 11.8 Å². The van der Waals surface area contributed by atoms with Crippen LogP contribution in [-0.4, -0.2) is 37.7 Å². The molecule has 3 unspecified atom stereocenters. The van der Waals surface area contributed by atoms with Crippen LogP contribution in [-0.2, 0) is 19.1 Å². The summed E-state index contributed by atoms with van der Waals surface area (Å²) in [5.74, 6) is 0.140. The standard InChI is InChI=1S/C11H17NO4/c1-7(13)15-3-2-4-16-11(14)10-8-5-9(10)12-6-8/h8-10,12H,2-6H2,1H3. The van der Waals surface area contributed by atoms with E-state index in [9.17, 15) is 9.59 Å². The van der Waals surface area contributed by atoms with Gasteiger partial charge in [0, 0.05) is 19.4 Å². The summed E-state index contributed by atoms with van der Waals surface area (Å²) in [5.41, 5.74) is 0. The molecule has 5 nitrogen and oxygen atoms in total. The van der Waals surface area contributed by atoms with Crippen molar-refractivity contribution in [2.75, 3.05) is 19.8 Å². The number of rotatable bonds is 5. The first-order valence-corrected chi connectivity index (χ1v) is 5.72. The summed E-state index contributed by atoms with van der Waals surface area (Å²) < 4.78 is 9.87. The Morgan fingerprint density at radius 3 is 2.62 bits per heavy atom. The second-order valence-corrected chi connectivity index (χ2v) is 4.40. The van der Waals surface area contributed by atoms with Crippen LogP contribution in [0.5, 0.6) is 0 Å². The summed E-state index contributed by atoms with van der Waals surface area (Å²) in [6.07, 6.45) is 1.67. The number of carbonyl (C=O) groups is 2. The van der Waals surface area contributed by atoms with Crippen LogP contribution in [0.2, 0.25) is 0 Å². The Bertz CT molecular complexity index is 278. The highest BCUT2D eigenvalue weighted by Crippen LogP contribution is 2.40. The molecule has 0 aromatic heterocycles. The van der Waals surface area contributed by atoms with Crippen LogP contribution < -0.4 is 5.32 Å². The summed E-state index contributed by atoms with van der Waals surface area (Å²) in [5, 5.41) is 3.27. The first-order chi connectivity index (χ1) is 7.68. The molecule has 3 fully saturated rings. The molecule has 3 rings (SSSR count). The minimum Gasteiger partial charge on any atom is -0.466 e. The number of fused-ring (bicyclic) bond motifs is 1. The highest BCUT2D eigenvalue weighted by Gasteiger charge is 2.51. The average Bonchev–Trinajstić information content (AvgIpc) is 2.77. The molecule has 2 heterocycles. The van der Waals surface area contributed by atoms with E-state index in [1.54, 1.807) is 0 Å². The van der Waals surface area contributed by atoms with E-state index in [-0.39, 0.29) is 17.9 Å². The Morgan fingerprint density at radius 1 is 1.31 bits per heavy atom. The Kier molecular flexibility index (Phi) is 3.43. The summed E-state index contributed by atoms with van der Waals surface area (Å²) in [6, 6.07) is 0.339. The molecule has 2 aliphatic heterocycles. The molecule has 1 saturated carbocycles. The van der Waals surface area contributed by atoms with E-state index in [1.807, 2.05) is 0 Å². The molecule has 0 aromatic carbocycles. The molecule has 0 aromatic rings. The largest absolute Gasteiger partial charge is 0.466 e. The highest BCUT2D eigenvalue weighted by molar-refractivity contribution is 5.75. The molecule has 16 heavy (non-hydrogen) atoms. The van der Waals surface area contributed by atoms with Gasteiger partial charge < -0.3 is 14.8 Å². The van der Waals surface area contributed by atoms with Crippen molar-refractivity contribution in [2.45, 2.75) is 25.8 Å². The van der Waals surface area contributed by atoms with Gasteiger partial charge in [-0.05, 0) is 18.9 Å². The third kappa shape index (κ3) is 2.35. The van der Waals surface area contributed by atoms with Crippen molar-refractivity contribution >= 4 is 11.9 Å². The maximum atomic E-state index is 11.6. The van der Waals surface area contributed by atoms with Crippen molar-refractivity contribution in [3.63, 3.8) is 0 Å². The Morgan fingerprint density at radius 2 is 2.06 bits per heavy atom. The molecule has 3 aliphatic rings. The minimum atomic E-state index is -0.299. The molecule has 5 heteroatoms. The number of hydrogen-bond acceptors (Lipinski definition) is 5. The Labute approximate surface area is 94.5 Å². The van der Waals surface area contributed by atoms with Crippen LogP contribution in [0.3, 0.4) is 0 Å². The van der Waals surface area contributed by atoms with Crippen molar-refractivity contribution in [3.05, 3.63) is 0 Å². The van der Waals surface area contributed by atoms with Crippen molar-refractivity contribution in [1.29, 1.82) is 0 Å². The maximum absolute atomic E-state index is 11.6. The molecule has 0 spiro atoms. The third-order valence-electron chi connectivity index (χ3n) is 3.25. The maximum Gasteiger partial charge on any atom is 0.310 e. The quantitative estimate of drug-likeness (QED) is 0.532. The van der Waals surface area contributed by atoms with E-state index in [0.717, 1.165) is 13.0 Å². The first-order valence-electron chi connectivity index (χ1n) is 5.72. The van der Waals surface area contributed by atoms with E-state index in [0.29, 0.717) is 31.6 Å². The van der Waals surface area contributed by atoms with E-state index in [2.05, 4.69) is 5.32 Å². The van der Waals surface area contributed by atoms with Gasteiger partial charge in [0.25, 0.3) is 0 Å². The van der Waals surface area contributed by atoms with Gasteiger partial charge in [-0.3, -0.25) is 9.59 Å². The van der Waals surface area contributed by atoms with Gasteiger partial charge in [-0.25, -0.2) is 0 Å². The van der Waals surface area contributed by atoms with Gasteiger partial charge >= 0.3 is 11.9 Å². The number of hydrogen-bond donors (Lipinski definition) is 1. The van der Waals surface area contributed by atoms with Gasteiger partial charge in [-0.2, -0.15) is 0 Å². The molecule has 90 valence electrons. The number of carbonyl (C=O) groups excluding carboxylic acids is 2. The normalized spacial score (nSPS) is 30.7. The van der Waals surface area contributed by atoms with Crippen LogP contribution in [0.4, 0.5) is 0 Å². The van der Waals surface area contributed by atoms with Crippen LogP contribution in [0, 0.1) is 11.8 Å². The van der Waals surface area contributed by atoms with Gasteiger partial charge in [0.1, 0.15) is 0 Å². The van der Waals surface area contributed by atoms with Crippen LogP contribution in [0.15, 0.2) is 0 Å². The van der Waals surface area contributed by atoms with Crippen molar-refractivity contribution in [1.82, 2.24) is 5.32 Å². The summed E-state index contributed by atoms with van der Waals surface area (Å²) >= 11 is 0. The lowest BCUT2D eigenvalue weighted by atomic mass is 9.74. The zero-order valence-electron chi connectivity index (χ0n) is 9.40. The van der Waals surface area contributed by atoms with Gasteiger partial charge in [0.05, 0.1) is 19.1 Å². The number of nitrogens with one attached hydrogen (secondary N) is 1. The molecular formula is C11H17NO4. The lowest BCUT2D eigenvalue weighted by Crippen LogP contribution is -2.43. The summed E-state index contributed by atoms with van der Waals surface area (Å²) in [7, 11) is 0. The zero-order chi connectivity index (χ0) is 11.5. The van der Waals surface area contributed by atoms with E-state index in [4.69, 9.17) is 9.47 Å². The summed E-state index contributed by atoms with van der Waals surface area (Å²) in [6.45, 7) is 2.96. The Balaban J connectivity index is 1.56. The minimum absolute atomic E-state index is 0.0636. The molecule has 1 aliphatic carbocycles. The Hall–Kier alpha value is -1.10. The fourth-order valence-corrected chi connectivity index (χ4v) is 2.38. The fourth-order valence-electron chi connectivity index (χ4n) is 2.38. The second-order valence-electron chi connectivity index (χ2n) is 4.40. The monoisotopic (exact) mass is 227 g/mol. The van der Waals surface area contributed by atoms with Crippen molar-refractivity contribution in [3.8, 4) is 0 Å². The third-order valence-corrected chi connectivity index (χ3v) is 3.25. The smallest absolute Gasteiger partial charge is 0.310 e. The van der Waals surface area contributed by atoms with E-state index < -0.39 is 0 Å². The zero-order valence-corrected chi connectivity index (χ0v) is 9.40. The molecule has 2 bridgehead atoms.